The minimum Gasteiger partial charge on any atom is -0.481 e. The Morgan fingerprint density at radius 1 is 1.43 bits per heavy atom. The van der Waals surface area contributed by atoms with Gasteiger partial charge in [0.05, 0.1) is 12.2 Å². The Morgan fingerprint density at radius 2 is 2.07 bits per heavy atom. The highest BCUT2D eigenvalue weighted by atomic mass is 32.2. The molecule has 0 bridgehead atoms. The first kappa shape index (κ1) is 13.3. The van der Waals surface area contributed by atoms with E-state index in [4.69, 9.17) is 5.11 Å². The van der Waals surface area contributed by atoms with Crippen LogP contribution < -0.4 is 0 Å². The van der Waals surface area contributed by atoms with Gasteiger partial charge in [-0.1, -0.05) is 6.92 Å². The lowest BCUT2D eigenvalue weighted by molar-refractivity contribution is -0.137. The summed E-state index contributed by atoms with van der Waals surface area (Å²) in [6.45, 7) is 2.35. The summed E-state index contributed by atoms with van der Waals surface area (Å²) in [5, 5.41) is 8.42. The molecule has 1 N–H and O–H groups in total. The molecule has 0 atom stereocenters. The zero-order chi connectivity index (χ0) is 11.0. The average molecular weight is 219 g/mol. The Morgan fingerprint density at radius 3 is 2.57 bits per heavy atom. The van der Waals surface area contributed by atoms with Gasteiger partial charge in [0.2, 0.25) is 5.91 Å². The number of carboxylic acids is 1. The molecule has 4 nitrogen and oxygen atoms in total. The fourth-order valence-corrected chi connectivity index (χ4v) is 1.63. The normalized spacial score (nSPS) is 9.86. The van der Waals surface area contributed by atoms with Crippen LogP contribution in [-0.4, -0.2) is 47.0 Å². The molecule has 0 saturated carbocycles. The predicted octanol–water partition coefficient (Wildman–Crippen LogP) is 1.06. The summed E-state index contributed by atoms with van der Waals surface area (Å²) in [4.78, 5) is 23.1. The Hall–Kier alpha value is -0.710. The van der Waals surface area contributed by atoms with Gasteiger partial charge in [-0.05, 0) is 12.2 Å². The van der Waals surface area contributed by atoms with E-state index < -0.39 is 5.97 Å². The Kier molecular flexibility index (Phi) is 7.28. The molecule has 0 heterocycles. The van der Waals surface area contributed by atoms with Crippen LogP contribution in [0.3, 0.4) is 0 Å². The molecule has 0 radical (unpaired) electrons. The molecule has 0 aromatic rings. The van der Waals surface area contributed by atoms with E-state index in [1.54, 1.807) is 18.8 Å². The number of thioether (sulfide) groups is 1. The first-order valence-electron chi connectivity index (χ1n) is 4.61. The quantitative estimate of drug-likeness (QED) is 0.651. The molecule has 0 aromatic heterocycles. The summed E-state index contributed by atoms with van der Waals surface area (Å²) in [5.41, 5.74) is 0. The zero-order valence-corrected chi connectivity index (χ0v) is 9.47. The van der Waals surface area contributed by atoms with E-state index in [1.807, 2.05) is 0 Å². The maximum Gasteiger partial charge on any atom is 0.305 e. The van der Waals surface area contributed by atoms with Crippen LogP contribution in [-0.2, 0) is 9.59 Å². The number of nitrogens with zero attached hydrogens (tertiary/aromatic N) is 1. The molecule has 0 fully saturated rings. The van der Waals surface area contributed by atoms with Crippen LogP contribution in [0.1, 0.15) is 19.8 Å². The minimum absolute atomic E-state index is 0.00435. The summed E-state index contributed by atoms with van der Waals surface area (Å²) in [6.07, 6.45) is 1.07. The lowest BCUT2D eigenvalue weighted by Gasteiger charge is -2.15. The second kappa shape index (κ2) is 7.67. The number of carbonyl (C=O) groups is 2. The molecule has 82 valence electrons. The van der Waals surface area contributed by atoms with Crippen LogP contribution in [0.15, 0.2) is 0 Å². The summed E-state index contributed by atoms with van der Waals surface area (Å²) in [7, 11) is 1.64. The molecular weight excluding hydrogens is 202 g/mol. The number of rotatable bonds is 7. The highest BCUT2D eigenvalue weighted by Gasteiger charge is 2.09. The summed E-state index contributed by atoms with van der Waals surface area (Å²) in [5.74, 6) is 0.554. The predicted molar refractivity (Wildman–Crippen MR) is 57.5 cm³/mol. The van der Waals surface area contributed by atoms with E-state index in [1.165, 1.54) is 4.90 Å². The maximum atomic E-state index is 11.3. The first-order chi connectivity index (χ1) is 6.57. The Balaban J connectivity index is 3.59. The van der Waals surface area contributed by atoms with Gasteiger partial charge in [0.15, 0.2) is 0 Å². The number of amides is 1. The number of carbonyl (C=O) groups excluding carboxylic acids is 1. The van der Waals surface area contributed by atoms with Crippen molar-refractivity contribution in [3.8, 4) is 0 Å². The van der Waals surface area contributed by atoms with Crippen molar-refractivity contribution < 1.29 is 14.7 Å². The molecular formula is C9H17NO3S. The number of hydrogen-bond acceptors (Lipinski definition) is 3. The highest BCUT2D eigenvalue weighted by molar-refractivity contribution is 7.99. The van der Waals surface area contributed by atoms with Gasteiger partial charge in [-0.15, -0.1) is 0 Å². The third kappa shape index (κ3) is 6.77. The summed E-state index contributed by atoms with van der Waals surface area (Å²) in [6, 6.07) is 0. The van der Waals surface area contributed by atoms with Crippen LogP contribution >= 0.6 is 11.8 Å². The van der Waals surface area contributed by atoms with E-state index in [9.17, 15) is 9.59 Å². The van der Waals surface area contributed by atoms with Crippen LogP contribution in [0.25, 0.3) is 0 Å². The molecule has 0 aliphatic carbocycles. The number of carboxylic acid groups (broad SMARTS) is 1. The van der Waals surface area contributed by atoms with Crippen molar-refractivity contribution in [2.45, 2.75) is 19.8 Å². The van der Waals surface area contributed by atoms with E-state index in [0.717, 1.165) is 12.2 Å². The minimum atomic E-state index is -0.870. The van der Waals surface area contributed by atoms with Crippen molar-refractivity contribution in [2.75, 3.05) is 25.1 Å². The molecule has 0 aliphatic heterocycles. The fraction of sp³-hybridized carbons (Fsp3) is 0.778. The van der Waals surface area contributed by atoms with Gasteiger partial charge in [0, 0.05) is 13.6 Å². The number of hydrogen-bond donors (Lipinski definition) is 1. The van der Waals surface area contributed by atoms with E-state index in [0.29, 0.717) is 12.3 Å². The van der Waals surface area contributed by atoms with Crippen LogP contribution in [0.5, 0.6) is 0 Å². The molecule has 14 heavy (non-hydrogen) atoms. The first-order valence-corrected chi connectivity index (χ1v) is 5.77. The topological polar surface area (TPSA) is 57.6 Å². The SMILES string of the molecule is CCCSCC(=O)N(C)CCC(=O)O. The second-order valence-corrected chi connectivity index (χ2v) is 4.12. The summed E-state index contributed by atoms with van der Waals surface area (Å²) >= 11 is 1.59. The van der Waals surface area contributed by atoms with Crippen molar-refractivity contribution in [2.24, 2.45) is 0 Å². The third-order valence-corrected chi connectivity index (χ3v) is 2.81. The van der Waals surface area contributed by atoms with E-state index in [-0.39, 0.29) is 12.3 Å². The Bertz CT molecular complexity index is 196. The molecule has 0 spiro atoms. The maximum absolute atomic E-state index is 11.3. The van der Waals surface area contributed by atoms with Gasteiger partial charge in [0.1, 0.15) is 0 Å². The monoisotopic (exact) mass is 219 g/mol. The van der Waals surface area contributed by atoms with Crippen LogP contribution in [0.4, 0.5) is 0 Å². The van der Waals surface area contributed by atoms with E-state index in [2.05, 4.69) is 6.92 Å². The zero-order valence-electron chi connectivity index (χ0n) is 8.65. The van der Waals surface area contributed by atoms with E-state index >= 15 is 0 Å². The van der Waals surface area contributed by atoms with Gasteiger partial charge < -0.3 is 10.0 Å². The molecule has 0 unspecified atom stereocenters. The van der Waals surface area contributed by atoms with Gasteiger partial charge >= 0.3 is 5.97 Å². The Labute approximate surface area is 88.7 Å². The molecule has 0 aromatic carbocycles. The van der Waals surface area contributed by atoms with Gasteiger partial charge in [-0.25, -0.2) is 0 Å². The van der Waals surface area contributed by atoms with Crippen LogP contribution in [0, 0.1) is 0 Å². The molecule has 0 rings (SSSR count). The van der Waals surface area contributed by atoms with Crippen molar-refractivity contribution in [1.29, 1.82) is 0 Å². The van der Waals surface area contributed by atoms with Crippen LogP contribution in [0.2, 0.25) is 0 Å². The molecule has 0 saturated heterocycles. The largest absolute Gasteiger partial charge is 0.481 e. The second-order valence-electron chi connectivity index (χ2n) is 3.01. The van der Waals surface area contributed by atoms with Gasteiger partial charge in [-0.3, -0.25) is 9.59 Å². The molecule has 0 aliphatic rings. The van der Waals surface area contributed by atoms with Crippen molar-refractivity contribution in [3.63, 3.8) is 0 Å². The molecule has 5 heteroatoms. The van der Waals surface area contributed by atoms with Crippen molar-refractivity contribution in [1.82, 2.24) is 4.90 Å². The fourth-order valence-electron chi connectivity index (χ4n) is 0.802. The molecule has 1 amide bonds. The highest BCUT2D eigenvalue weighted by Crippen LogP contribution is 2.03. The van der Waals surface area contributed by atoms with Crippen molar-refractivity contribution >= 4 is 23.6 Å². The smallest absolute Gasteiger partial charge is 0.305 e. The third-order valence-electron chi connectivity index (χ3n) is 1.66. The summed E-state index contributed by atoms with van der Waals surface area (Å²) < 4.78 is 0. The van der Waals surface area contributed by atoms with Gasteiger partial charge in [0.25, 0.3) is 0 Å². The lowest BCUT2D eigenvalue weighted by Crippen LogP contribution is -2.30. The standard InChI is InChI=1S/C9H17NO3S/c1-3-6-14-7-8(11)10(2)5-4-9(12)13/h3-7H2,1-2H3,(H,12,13). The van der Waals surface area contributed by atoms with Crippen molar-refractivity contribution in [3.05, 3.63) is 0 Å². The average Bonchev–Trinajstić information content (AvgIpc) is 2.14. The number of aliphatic carboxylic acids is 1. The lowest BCUT2D eigenvalue weighted by atomic mass is 10.4. The van der Waals surface area contributed by atoms with Gasteiger partial charge in [-0.2, -0.15) is 11.8 Å².